The number of hydrogen-bond acceptors (Lipinski definition) is 3. The summed E-state index contributed by atoms with van der Waals surface area (Å²) in [7, 11) is 2.00. The van der Waals surface area contributed by atoms with Crippen molar-refractivity contribution in [3.8, 4) is 0 Å². The Morgan fingerprint density at radius 1 is 1.54 bits per heavy atom. The molecule has 1 atom stereocenters. The van der Waals surface area contributed by atoms with E-state index >= 15 is 0 Å². The van der Waals surface area contributed by atoms with Gasteiger partial charge in [0.05, 0.1) is 0 Å². The monoisotopic (exact) mass is 186 g/mol. The van der Waals surface area contributed by atoms with Gasteiger partial charge in [0.1, 0.15) is 0 Å². The van der Waals surface area contributed by atoms with Crippen molar-refractivity contribution in [1.82, 2.24) is 10.2 Å². The van der Waals surface area contributed by atoms with Crippen LogP contribution in [-0.2, 0) is 0 Å². The Labute approximate surface area is 81.1 Å². The van der Waals surface area contributed by atoms with Crippen LogP contribution in [-0.4, -0.2) is 48.3 Å². The molecule has 2 N–H and O–H groups in total. The van der Waals surface area contributed by atoms with Crippen molar-refractivity contribution in [2.24, 2.45) is 0 Å². The lowest BCUT2D eigenvalue weighted by molar-refractivity contribution is 0.199. The van der Waals surface area contributed by atoms with E-state index in [1.165, 1.54) is 0 Å². The molecule has 0 bridgehead atoms. The number of rotatable bonds is 4. The predicted octanol–water partition coefficient (Wildman–Crippen LogP) is 0.441. The Hall–Kier alpha value is -0.120. The lowest BCUT2D eigenvalue weighted by Gasteiger charge is -2.29. The fourth-order valence-electron chi connectivity index (χ4n) is 2.09. The topological polar surface area (TPSA) is 35.5 Å². The van der Waals surface area contributed by atoms with Gasteiger partial charge in [0.25, 0.3) is 0 Å². The summed E-state index contributed by atoms with van der Waals surface area (Å²) >= 11 is 0. The molecule has 0 aliphatic carbocycles. The van der Waals surface area contributed by atoms with Crippen LogP contribution in [0.25, 0.3) is 0 Å². The molecule has 0 radical (unpaired) electrons. The molecule has 3 nitrogen and oxygen atoms in total. The predicted molar refractivity (Wildman–Crippen MR) is 54.8 cm³/mol. The Balaban J connectivity index is 2.52. The Kier molecular flexibility index (Phi) is 3.71. The minimum Gasteiger partial charge on any atom is -0.396 e. The first-order chi connectivity index (χ1) is 6.13. The smallest absolute Gasteiger partial charge is 0.0449 e. The molecule has 1 heterocycles. The Morgan fingerprint density at radius 2 is 2.23 bits per heavy atom. The summed E-state index contributed by atoms with van der Waals surface area (Å²) < 4.78 is 0. The largest absolute Gasteiger partial charge is 0.396 e. The number of aliphatic hydroxyl groups excluding tert-OH is 1. The van der Waals surface area contributed by atoms with Crippen molar-refractivity contribution in [2.45, 2.75) is 38.3 Å². The minimum atomic E-state index is 0.166. The zero-order chi connectivity index (χ0) is 9.90. The van der Waals surface area contributed by atoms with Crippen molar-refractivity contribution >= 4 is 0 Å². The Morgan fingerprint density at radius 3 is 2.62 bits per heavy atom. The number of hydrogen-bond donors (Lipinski definition) is 2. The third-order valence-electron chi connectivity index (χ3n) is 3.23. The second-order valence-corrected chi connectivity index (χ2v) is 4.32. The summed E-state index contributed by atoms with van der Waals surface area (Å²) in [5.41, 5.74) is 0.166. The van der Waals surface area contributed by atoms with Crippen LogP contribution in [0.5, 0.6) is 0 Å². The summed E-state index contributed by atoms with van der Waals surface area (Å²) in [6, 6.07) is 0.619. The summed E-state index contributed by atoms with van der Waals surface area (Å²) in [6.45, 7) is 6.96. The number of likely N-dealkylation sites (tertiary alicyclic amines) is 1. The van der Waals surface area contributed by atoms with Crippen LogP contribution in [0.2, 0.25) is 0 Å². The number of likely N-dealkylation sites (N-methyl/N-ethyl adjacent to an activating group) is 1. The van der Waals surface area contributed by atoms with Crippen LogP contribution >= 0.6 is 0 Å². The first kappa shape index (κ1) is 11.0. The molecule has 1 aliphatic rings. The molecule has 1 fully saturated rings. The van der Waals surface area contributed by atoms with Crippen LogP contribution in [0, 0.1) is 0 Å². The van der Waals surface area contributed by atoms with Crippen LogP contribution < -0.4 is 5.32 Å². The van der Waals surface area contributed by atoms with E-state index in [4.69, 9.17) is 5.11 Å². The standard InChI is InChI=1S/C10H22N2O/c1-9(2)12-6-4-10(8-12,11-3)5-7-13/h9,11,13H,4-8H2,1-3H3. The first-order valence-corrected chi connectivity index (χ1v) is 5.17. The van der Waals surface area contributed by atoms with E-state index < -0.39 is 0 Å². The van der Waals surface area contributed by atoms with Gasteiger partial charge in [0, 0.05) is 31.3 Å². The average molecular weight is 186 g/mol. The van der Waals surface area contributed by atoms with E-state index in [-0.39, 0.29) is 12.1 Å². The van der Waals surface area contributed by atoms with Gasteiger partial charge in [-0.05, 0) is 33.7 Å². The van der Waals surface area contributed by atoms with E-state index in [9.17, 15) is 0 Å². The van der Waals surface area contributed by atoms with Crippen molar-refractivity contribution < 1.29 is 5.11 Å². The molecule has 0 aromatic carbocycles. The van der Waals surface area contributed by atoms with Crippen LogP contribution in [0.4, 0.5) is 0 Å². The fraction of sp³-hybridized carbons (Fsp3) is 1.00. The second-order valence-electron chi connectivity index (χ2n) is 4.32. The highest BCUT2D eigenvalue weighted by atomic mass is 16.3. The van der Waals surface area contributed by atoms with Gasteiger partial charge in [-0.2, -0.15) is 0 Å². The number of nitrogens with one attached hydrogen (secondary N) is 1. The van der Waals surface area contributed by atoms with Crippen molar-refractivity contribution in [3.63, 3.8) is 0 Å². The average Bonchev–Trinajstić information content (AvgIpc) is 2.51. The third-order valence-corrected chi connectivity index (χ3v) is 3.23. The van der Waals surface area contributed by atoms with Crippen molar-refractivity contribution in [3.05, 3.63) is 0 Å². The molecule has 0 spiro atoms. The van der Waals surface area contributed by atoms with E-state index in [0.29, 0.717) is 6.04 Å². The molecule has 3 heteroatoms. The zero-order valence-corrected chi connectivity index (χ0v) is 9.01. The molecular weight excluding hydrogens is 164 g/mol. The van der Waals surface area contributed by atoms with Gasteiger partial charge in [-0.15, -0.1) is 0 Å². The third kappa shape index (κ3) is 2.42. The SMILES string of the molecule is CNC1(CCO)CCN(C(C)C)C1. The zero-order valence-electron chi connectivity index (χ0n) is 9.01. The molecule has 0 amide bonds. The van der Waals surface area contributed by atoms with Gasteiger partial charge in [-0.25, -0.2) is 0 Å². The van der Waals surface area contributed by atoms with E-state index in [1.807, 2.05) is 7.05 Å². The highest BCUT2D eigenvalue weighted by molar-refractivity contribution is 4.96. The van der Waals surface area contributed by atoms with Crippen LogP contribution in [0.1, 0.15) is 26.7 Å². The maximum absolute atomic E-state index is 8.99. The quantitative estimate of drug-likeness (QED) is 0.669. The highest BCUT2D eigenvalue weighted by Gasteiger charge is 2.36. The molecule has 0 saturated carbocycles. The first-order valence-electron chi connectivity index (χ1n) is 5.17. The molecule has 1 rings (SSSR count). The summed E-state index contributed by atoms with van der Waals surface area (Å²) in [5, 5.41) is 12.4. The van der Waals surface area contributed by atoms with E-state index in [0.717, 1.165) is 25.9 Å². The van der Waals surface area contributed by atoms with Crippen LogP contribution in [0.3, 0.4) is 0 Å². The van der Waals surface area contributed by atoms with Crippen molar-refractivity contribution in [1.29, 1.82) is 0 Å². The normalized spacial score (nSPS) is 30.2. The van der Waals surface area contributed by atoms with E-state index in [2.05, 4.69) is 24.1 Å². The minimum absolute atomic E-state index is 0.166. The maximum Gasteiger partial charge on any atom is 0.0449 e. The number of nitrogens with zero attached hydrogens (tertiary/aromatic N) is 1. The lowest BCUT2D eigenvalue weighted by atomic mass is 9.95. The summed E-state index contributed by atoms with van der Waals surface area (Å²) in [5.74, 6) is 0. The fourth-order valence-corrected chi connectivity index (χ4v) is 2.09. The van der Waals surface area contributed by atoms with Gasteiger partial charge < -0.3 is 10.4 Å². The Bertz CT molecular complexity index is 161. The van der Waals surface area contributed by atoms with Gasteiger partial charge in [-0.3, -0.25) is 4.90 Å². The van der Waals surface area contributed by atoms with Gasteiger partial charge >= 0.3 is 0 Å². The maximum atomic E-state index is 8.99. The molecule has 1 aliphatic heterocycles. The second kappa shape index (κ2) is 4.40. The molecule has 1 unspecified atom stereocenters. The molecular formula is C10H22N2O. The van der Waals surface area contributed by atoms with Gasteiger partial charge in [0.15, 0.2) is 0 Å². The molecule has 0 aromatic rings. The summed E-state index contributed by atoms with van der Waals surface area (Å²) in [4.78, 5) is 2.46. The van der Waals surface area contributed by atoms with Crippen molar-refractivity contribution in [2.75, 3.05) is 26.7 Å². The molecule has 1 saturated heterocycles. The number of aliphatic hydroxyl groups is 1. The molecule has 13 heavy (non-hydrogen) atoms. The van der Waals surface area contributed by atoms with Gasteiger partial charge in [-0.1, -0.05) is 0 Å². The molecule has 0 aromatic heterocycles. The lowest BCUT2D eigenvalue weighted by Crippen LogP contribution is -2.47. The summed E-state index contributed by atoms with van der Waals surface area (Å²) in [6.07, 6.45) is 2.02. The van der Waals surface area contributed by atoms with E-state index in [1.54, 1.807) is 0 Å². The van der Waals surface area contributed by atoms with Gasteiger partial charge in [0.2, 0.25) is 0 Å². The van der Waals surface area contributed by atoms with Crippen LogP contribution in [0.15, 0.2) is 0 Å². The highest BCUT2D eigenvalue weighted by Crippen LogP contribution is 2.25. The molecule has 78 valence electrons.